The summed E-state index contributed by atoms with van der Waals surface area (Å²) < 4.78 is 0. The summed E-state index contributed by atoms with van der Waals surface area (Å²) in [6, 6.07) is 2.14. The van der Waals surface area contributed by atoms with Crippen LogP contribution in [0.15, 0.2) is 6.07 Å². The zero-order valence-corrected chi connectivity index (χ0v) is 12.9. The van der Waals surface area contributed by atoms with Crippen LogP contribution in [0.1, 0.15) is 52.2 Å². The topological polar surface area (TPSA) is 41.1 Å². The van der Waals surface area contributed by atoms with Crippen molar-refractivity contribution in [1.82, 2.24) is 10.6 Å². The second kappa shape index (κ2) is 6.72. The SMILES string of the molecule is O=C(NCCC1CCNC1)c1cc2c(s1)CCCCC2. The van der Waals surface area contributed by atoms with Crippen molar-refractivity contribution in [1.29, 1.82) is 0 Å². The minimum atomic E-state index is 0.133. The van der Waals surface area contributed by atoms with E-state index in [-0.39, 0.29) is 5.91 Å². The predicted octanol–water partition coefficient (Wildman–Crippen LogP) is 2.75. The van der Waals surface area contributed by atoms with Crippen molar-refractivity contribution in [2.24, 2.45) is 5.92 Å². The van der Waals surface area contributed by atoms with Crippen molar-refractivity contribution in [3.63, 3.8) is 0 Å². The van der Waals surface area contributed by atoms with Crippen molar-refractivity contribution in [3.05, 3.63) is 21.4 Å². The van der Waals surface area contributed by atoms with Crippen LogP contribution in [0, 0.1) is 5.92 Å². The lowest BCUT2D eigenvalue weighted by atomic mass is 10.1. The number of aryl methyl sites for hydroxylation is 2. The van der Waals surface area contributed by atoms with Crippen LogP contribution in [0.5, 0.6) is 0 Å². The maximum absolute atomic E-state index is 12.2. The molecule has 0 radical (unpaired) electrons. The minimum Gasteiger partial charge on any atom is -0.351 e. The Morgan fingerprint density at radius 3 is 3.10 bits per heavy atom. The average molecular weight is 292 g/mol. The third kappa shape index (κ3) is 3.41. The molecule has 0 spiro atoms. The van der Waals surface area contributed by atoms with E-state index >= 15 is 0 Å². The molecule has 1 aliphatic heterocycles. The Hall–Kier alpha value is -0.870. The van der Waals surface area contributed by atoms with Crippen molar-refractivity contribution in [3.8, 4) is 0 Å². The first kappa shape index (κ1) is 14.1. The molecule has 2 N–H and O–H groups in total. The van der Waals surface area contributed by atoms with Crippen molar-refractivity contribution >= 4 is 17.2 Å². The van der Waals surface area contributed by atoms with E-state index in [1.165, 1.54) is 42.5 Å². The number of carbonyl (C=O) groups is 1. The second-order valence-corrected chi connectivity index (χ2v) is 7.16. The third-order valence-corrected chi connectivity index (χ3v) is 5.71. The first-order valence-corrected chi connectivity index (χ1v) is 8.75. The largest absolute Gasteiger partial charge is 0.351 e. The molecule has 4 heteroatoms. The number of nitrogens with one attached hydrogen (secondary N) is 2. The van der Waals surface area contributed by atoms with Gasteiger partial charge in [-0.2, -0.15) is 0 Å². The molecule has 3 nitrogen and oxygen atoms in total. The number of thiophene rings is 1. The highest BCUT2D eigenvalue weighted by atomic mass is 32.1. The maximum atomic E-state index is 12.2. The zero-order chi connectivity index (χ0) is 13.8. The molecule has 0 bridgehead atoms. The molecule has 110 valence electrons. The fourth-order valence-electron chi connectivity index (χ4n) is 3.22. The van der Waals surface area contributed by atoms with Gasteiger partial charge in [-0.05, 0) is 69.2 Å². The molecule has 0 saturated carbocycles. The van der Waals surface area contributed by atoms with Gasteiger partial charge >= 0.3 is 0 Å². The van der Waals surface area contributed by atoms with Gasteiger partial charge in [0.1, 0.15) is 0 Å². The smallest absolute Gasteiger partial charge is 0.261 e. The number of fused-ring (bicyclic) bond motifs is 1. The van der Waals surface area contributed by atoms with Crippen LogP contribution >= 0.6 is 11.3 Å². The number of hydrogen-bond acceptors (Lipinski definition) is 3. The summed E-state index contributed by atoms with van der Waals surface area (Å²) in [6.07, 6.45) is 8.57. The molecule has 1 aromatic heterocycles. The molecule has 20 heavy (non-hydrogen) atoms. The molecule has 1 atom stereocenters. The van der Waals surface area contributed by atoms with E-state index in [1.54, 1.807) is 11.3 Å². The van der Waals surface area contributed by atoms with Gasteiger partial charge in [0.15, 0.2) is 0 Å². The molecular weight excluding hydrogens is 268 g/mol. The lowest BCUT2D eigenvalue weighted by Crippen LogP contribution is -2.25. The Labute approximate surface area is 125 Å². The molecule has 1 saturated heterocycles. The monoisotopic (exact) mass is 292 g/mol. The quantitative estimate of drug-likeness (QED) is 0.838. The molecule has 2 heterocycles. The standard InChI is InChI=1S/C16H24N2OS/c19-16(18-9-7-12-6-8-17-11-12)15-10-13-4-2-1-3-5-14(13)20-15/h10,12,17H,1-9,11H2,(H,18,19). The van der Waals surface area contributed by atoms with Gasteiger partial charge in [-0.15, -0.1) is 11.3 Å². The summed E-state index contributed by atoms with van der Waals surface area (Å²) in [5.74, 6) is 0.879. The Morgan fingerprint density at radius 2 is 2.25 bits per heavy atom. The van der Waals surface area contributed by atoms with Gasteiger partial charge in [0.25, 0.3) is 5.91 Å². The van der Waals surface area contributed by atoms with E-state index in [4.69, 9.17) is 0 Å². The first-order valence-electron chi connectivity index (χ1n) is 7.93. The van der Waals surface area contributed by atoms with E-state index in [1.807, 2.05) is 0 Å². The molecule has 1 unspecified atom stereocenters. The lowest BCUT2D eigenvalue weighted by molar-refractivity contribution is 0.0955. The average Bonchev–Trinajstić information content (AvgIpc) is 3.05. The molecule has 3 rings (SSSR count). The molecule has 0 aromatic carbocycles. The number of rotatable bonds is 4. The first-order chi connectivity index (χ1) is 9.83. The van der Waals surface area contributed by atoms with Crippen molar-refractivity contribution < 1.29 is 4.79 Å². The normalized spacial score (nSPS) is 22.3. The highest BCUT2D eigenvalue weighted by molar-refractivity contribution is 7.14. The lowest BCUT2D eigenvalue weighted by Gasteiger charge is -2.08. The second-order valence-electron chi connectivity index (χ2n) is 6.02. The Balaban J connectivity index is 1.51. The van der Waals surface area contributed by atoms with Crippen molar-refractivity contribution in [2.75, 3.05) is 19.6 Å². The van der Waals surface area contributed by atoms with Gasteiger partial charge in [0.2, 0.25) is 0 Å². The van der Waals surface area contributed by atoms with Gasteiger partial charge in [0.05, 0.1) is 4.88 Å². The van der Waals surface area contributed by atoms with Gasteiger partial charge < -0.3 is 10.6 Å². The summed E-state index contributed by atoms with van der Waals surface area (Å²) in [4.78, 5) is 14.6. The van der Waals surface area contributed by atoms with Gasteiger partial charge in [0, 0.05) is 11.4 Å². The summed E-state index contributed by atoms with van der Waals surface area (Å²) >= 11 is 1.72. The van der Waals surface area contributed by atoms with Crippen LogP contribution in [0.2, 0.25) is 0 Å². The van der Waals surface area contributed by atoms with E-state index in [9.17, 15) is 4.79 Å². The molecule has 1 aromatic rings. The number of hydrogen-bond donors (Lipinski definition) is 2. The molecule has 1 amide bonds. The van der Waals surface area contributed by atoms with Gasteiger partial charge in [-0.25, -0.2) is 0 Å². The fraction of sp³-hybridized carbons (Fsp3) is 0.688. The van der Waals surface area contributed by atoms with Crippen LogP contribution in [-0.4, -0.2) is 25.5 Å². The molecular formula is C16H24N2OS. The maximum Gasteiger partial charge on any atom is 0.261 e. The summed E-state index contributed by atoms with van der Waals surface area (Å²) in [6.45, 7) is 3.06. The van der Waals surface area contributed by atoms with E-state index in [0.717, 1.165) is 43.3 Å². The minimum absolute atomic E-state index is 0.133. The summed E-state index contributed by atoms with van der Waals surface area (Å²) in [5, 5.41) is 6.46. The number of carbonyl (C=O) groups excluding carboxylic acids is 1. The predicted molar refractivity (Wildman–Crippen MR) is 83.5 cm³/mol. The van der Waals surface area contributed by atoms with Gasteiger partial charge in [-0.1, -0.05) is 6.42 Å². The van der Waals surface area contributed by atoms with Gasteiger partial charge in [-0.3, -0.25) is 4.79 Å². The molecule has 2 aliphatic rings. The summed E-state index contributed by atoms with van der Waals surface area (Å²) in [5.41, 5.74) is 1.43. The van der Waals surface area contributed by atoms with E-state index in [0.29, 0.717) is 0 Å². The van der Waals surface area contributed by atoms with Crippen LogP contribution in [-0.2, 0) is 12.8 Å². The molecule has 1 aliphatic carbocycles. The number of amides is 1. The fourth-order valence-corrected chi connectivity index (χ4v) is 4.39. The highest BCUT2D eigenvalue weighted by Gasteiger charge is 2.17. The van der Waals surface area contributed by atoms with Crippen LogP contribution < -0.4 is 10.6 Å². The van der Waals surface area contributed by atoms with Crippen LogP contribution in [0.3, 0.4) is 0 Å². The Kier molecular flexibility index (Phi) is 4.73. The highest BCUT2D eigenvalue weighted by Crippen LogP contribution is 2.28. The van der Waals surface area contributed by atoms with Crippen LogP contribution in [0.4, 0.5) is 0 Å². The Bertz CT molecular complexity index is 440. The van der Waals surface area contributed by atoms with E-state index in [2.05, 4.69) is 16.7 Å². The molecule has 1 fully saturated rings. The van der Waals surface area contributed by atoms with Crippen molar-refractivity contribution in [2.45, 2.75) is 44.9 Å². The van der Waals surface area contributed by atoms with Crippen LogP contribution in [0.25, 0.3) is 0 Å². The van der Waals surface area contributed by atoms with E-state index < -0.39 is 0 Å². The summed E-state index contributed by atoms with van der Waals surface area (Å²) in [7, 11) is 0. The zero-order valence-electron chi connectivity index (χ0n) is 12.0. The third-order valence-electron chi connectivity index (χ3n) is 4.47. The Morgan fingerprint density at radius 1 is 1.35 bits per heavy atom.